The van der Waals surface area contributed by atoms with E-state index in [1.165, 1.54) is 0 Å². The van der Waals surface area contributed by atoms with Crippen molar-refractivity contribution in [3.63, 3.8) is 0 Å². The molecule has 1 unspecified atom stereocenters. The molecule has 5 nitrogen and oxygen atoms in total. The minimum Gasteiger partial charge on any atom is -0.374 e. The minimum absolute atomic E-state index is 0.446. The van der Waals surface area contributed by atoms with Gasteiger partial charge in [0, 0.05) is 5.69 Å². The number of hydrogen-bond donors (Lipinski definition) is 3. The molecule has 0 saturated carbocycles. The lowest BCUT2D eigenvalue weighted by Gasteiger charge is -2.16. The lowest BCUT2D eigenvalue weighted by Crippen LogP contribution is -2.43. The topological polar surface area (TPSA) is 84.2 Å². The van der Waals surface area contributed by atoms with Gasteiger partial charge in [-0.3, -0.25) is 10.1 Å². The van der Waals surface area contributed by atoms with Crippen molar-refractivity contribution >= 4 is 17.6 Å². The first-order chi connectivity index (χ1) is 7.91. The summed E-state index contributed by atoms with van der Waals surface area (Å²) in [7, 11) is 0. The van der Waals surface area contributed by atoms with Crippen molar-refractivity contribution in [1.29, 1.82) is 0 Å². The Morgan fingerprint density at radius 1 is 1.29 bits per heavy atom. The van der Waals surface area contributed by atoms with E-state index in [-0.39, 0.29) is 0 Å². The Bertz CT molecular complexity index is 443. The SMILES string of the molecule is Cc1cccc(NC(C)C(=O)NC(N)=O)c1C. The fourth-order valence-corrected chi connectivity index (χ4v) is 1.44. The first kappa shape index (κ1) is 13.0. The average molecular weight is 235 g/mol. The number of primary amides is 1. The summed E-state index contributed by atoms with van der Waals surface area (Å²) in [6, 6.07) is 4.42. The van der Waals surface area contributed by atoms with Crippen molar-refractivity contribution in [3.8, 4) is 0 Å². The maximum Gasteiger partial charge on any atom is 0.318 e. The minimum atomic E-state index is -0.843. The number of carbonyl (C=O) groups is 2. The van der Waals surface area contributed by atoms with E-state index in [0.717, 1.165) is 16.8 Å². The summed E-state index contributed by atoms with van der Waals surface area (Å²) in [6.07, 6.45) is 0. The van der Waals surface area contributed by atoms with Crippen LogP contribution in [0.2, 0.25) is 0 Å². The Hall–Kier alpha value is -2.04. The van der Waals surface area contributed by atoms with Gasteiger partial charge in [0.15, 0.2) is 0 Å². The van der Waals surface area contributed by atoms with Crippen molar-refractivity contribution in [1.82, 2.24) is 5.32 Å². The normalized spacial score (nSPS) is 11.7. The Balaban J connectivity index is 2.74. The predicted octanol–water partition coefficient (Wildman–Crippen LogP) is 1.30. The van der Waals surface area contributed by atoms with E-state index in [1.54, 1.807) is 6.92 Å². The number of rotatable bonds is 3. The number of nitrogens with two attached hydrogens (primary N) is 1. The molecular weight excluding hydrogens is 218 g/mol. The summed E-state index contributed by atoms with van der Waals surface area (Å²) < 4.78 is 0. The zero-order valence-electron chi connectivity index (χ0n) is 10.2. The van der Waals surface area contributed by atoms with E-state index in [4.69, 9.17) is 5.73 Å². The molecule has 1 aromatic rings. The molecule has 1 rings (SSSR count). The first-order valence-corrected chi connectivity index (χ1v) is 5.35. The molecule has 3 amide bonds. The maximum atomic E-state index is 11.5. The van der Waals surface area contributed by atoms with Gasteiger partial charge in [-0.1, -0.05) is 12.1 Å². The molecule has 0 aliphatic heterocycles. The summed E-state index contributed by atoms with van der Waals surface area (Å²) >= 11 is 0. The van der Waals surface area contributed by atoms with E-state index in [9.17, 15) is 9.59 Å². The molecule has 0 aliphatic rings. The van der Waals surface area contributed by atoms with Crippen LogP contribution in [-0.2, 0) is 4.79 Å². The van der Waals surface area contributed by atoms with E-state index >= 15 is 0 Å². The summed E-state index contributed by atoms with van der Waals surface area (Å²) in [5, 5.41) is 5.07. The molecule has 5 heteroatoms. The Morgan fingerprint density at radius 2 is 1.94 bits per heavy atom. The van der Waals surface area contributed by atoms with E-state index in [1.807, 2.05) is 37.4 Å². The van der Waals surface area contributed by atoms with Crippen LogP contribution in [0.25, 0.3) is 0 Å². The number of nitrogens with one attached hydrogen (secondary N) is 2. The number of benzene rings is 1. The van der Waals surface area contributed by atoms with Gasteiger partial charge in [-0.25, -0.2) is 4.79 Å². The van der Waals surface area contributed by atoms with Crippen LogP contribution in [-0.4, -0.2) is 18.0 Å². The Morgan fingerprint density at radius 3 is 2.53 bits per heavy atom. The second-order valence-electron chi connectivity index (χ2n) is 3.97. The van der Waals surface area contributed by atoms with E-state index in [0.29, 0.717) is 0 Å². The van der Waals surface area contributed by atoms with E-state index < -0.39 is 18.0 Å². The van der Waals surface area contributed by atoms with Crippen molar-refractivity contribution in [3.05, 3.63) is 29.3 Å². The number of amides is 3. The zero-order chi connectivity index (χ0) is 13.0. The molecule has 0 bridgehead atoms. The molecule has 0 radical (unpaired) electrons. The fraction of sp³-hybridized carbons (Fsp3) is 0.333. The second kappa shape index (κ2) is 5.34. The highest BCUT2D eigenvalue weighted by Crippen LogP contribution is 2.18. The zero-order valence-corrected chi connectivity index (χ0v) is 10.2. The summed E-state index contributed by atoms with van der Waals surface area (Å²) in [5.41, 5.74) is 7.96. The van der Waals surface area contributed by atoms with Crippen LogP contribution in [0, 0.1) is 13.8 Å². The lowest BCUT2D eigenvalue weighted by molar-refractivity contribution is -0.120. The molecule has 4 N–H and O–H groups in total. The summed E-state index contributed by atoms with van der Waals surface area (Å²) in [6.45, 7) is 5.63. The van der Waals surface area contributed by atoms with Crippen LogP contribution in [0.5, 0.6) is 0 Å². The third-order valence-electron chi connectivity index (χ3n) is 2.62. The number of aryl methyl sites for hydroxylation is 1. The maximum absolute atomic E-state index is 11.5. The lowest BCUT2D eigenvalue weighted by atomic mass is 10.1. The van der Waals surface area contributed by atoms with Gasteiger partial charge >= 0.3 is 6.03 Å². The second-order valence-corrected chi connectivity index (χ2v) is 3.97. The first-order valence-electron chi connectivity index (χ1n) is 5.35. The molecule has 1 aromatic carbocycles. The number of urea groups is 1. The van der Waals surface area contributed by atoms with Gasteiger partial charge in [-0.2, -0.15) is 0 Å². The van der Waals surface area contributed by atoms with Gasteiger partial charge in [0.25, 0.3) is 0 Å². The highest BCUT2D eigenvalue weighted by Gasteiger charge is 2.14. The fourth-order valence-electron chi connectivity index (χ4n) is 1.44. The van der Waals surface area contributed by atoms with Gasteiger partial charge < -0.3 is 11.1 Å². The van der Waals surface area contributed by atoms with Crippen LogP contribution >= 0.6 is 0 Å². The smallest absolute Gasteiger partial charge is 0.318 e. The van der Waals surface area contributed by atoms with Gasteiger partial charge in [0.05, 0.1) is 0 Å². The van der Waals surface area contributed by atoms with Gasteiger partial charge in [-0.05, 0) is 38.0 Å². The predicted molar refractivity (Wildman–Crippen MR) is 66.7 cm³/mol. The van der Waals surface area contributed by atoms with Crippen molar-refractivity contribution < 1.29 is 9.59 Å². The Kier molecular flexibility index (Phi) is 4.09. The molecule has 0 saturated heterocycles. The molecule has 1 atom stereocenters. The van der Waals surface area contributed by atoms with E-state index in [2.05, 4.69) is 5.32 Å². The molecule has 92 valence electrons. The van der Waals surface area contributed by atoms with Crippen LogP contribution < -0.4 is 16.4 Å². The van der Waals surface area contributed by atoms with Gasteiger partial charge in [-0.15, -0.1) is 0 Å². The number of anilines is 1. The van der Waals surface area contributed by atoms with Crippen molar-refractivity contribution in [2.24, 2.45) is 5.73 Å². The molecule has 0 aliphatic carbocycles. The molecule has 0 fully saturated rings. The highest BCUT2D eigenvalue weighted by atomic mass is 16.2. The Labute approximate surface area is 100 Å². The van der Waals surface area contributed by atoms with Crippen molar-refractivity contribution in [2.75, 3.05) is 5.32 Å². The van der Waals surface area contributed by atoms with Crippen LogP contribution in [0.15, 0.2) is 18.2 Å². The molecule has 0 spiro atoms. The highest BCUT2D eigenvalue weighted by molar-refractivity contribution is 5.97. The molecule has 17 heavy (non-hydrogen) atoms. The third-order valence-corrected chi connectivity index (χ3v) is 2.62. The van der Waals surface area contributed by atoms with Crippen LogP contribution in [0.3, 0.4) is 0 Å². The van der Waals surface area contributed by atoms with Gasteiger partial charge in [0.1, 0.15) is 6.04 Å². The quantitative estimate of drug-likeness (QED) is 0.738. The van der Waals surface area contributed by atoms with Crippen LogP contribution in [0.4, 0.5) is 10.5 Å². The molecule has 0 heterocycles. The standard InChI is InChI=1S/C12H17N3O2/c1-7-5-4-6-10(8(7)2)14-9(3)11(16)15-12(13)17/h4-6,9,14H,1-3H3,(H3,13,15,16,17). The average Bonchev–Trinajstić information content (AvgIpc) is 2.23. The molecular formula is C12H17N3O2. The third kappa shape index (κ3) is 3.48. The van der Waals surface area contributed by atoms with Crippen molar-refractivity contribution in [2.45, 2.75) is 26.8 Å². The summed E-state index contributed by atoms with van der Waals surface area (Å²) in [4.78, 5) is 22.0. The summed E-state index contributed by atoms with van der Waals surface area (Å²) in [5.74, 6) is -0.446. The molecule has 0 aromatic heterocycles. The number of carbonyl (C=O) groups excluding carboxylic acids is 2. The van der Waals surface area contributed by atoms with Crippen LogP contribution in [0.1, 0.15) is 18.1 Å². The monoisotopic (exact) mass is 235 g/mol. The number of imide groups is 1. The largest absolute Gasteiger partial charge is 0.374 e. The van der Waals surface area contributed by atoms with Gasteiger partial charge in [0.2, 0.25) is 5.91 Å². The number of hydrogen-bond acceptors (Lipinski definition) is 3.